The Hall–Kier alpha value is -2.36. The predicted octanol–water partition coefficient (Wildman–Crippen LogP) is 3.21. The van der Waals surface area contributed by atoms with Crippen molar-refractivity contribution in [2.75, 3.05) is 11.1 Å². The van der Waals surface area contributed by atoms with Gasteiger partial charge < -0.3 is 11.1 Å². The molecule has 0 fully saturated rings. The summed E-state index contributed by atoms with van der Waals surface area (Å²) >= 11 is 0. The van der Waals surface area contributed by atoms with Crippen molar-refractivity contribution in [1.82, 2.24) is 0 Å². The molecule has 0 aliphatic rings. The Morgan fingerprint density at radius 3 is 2.55 bits per heavy atom. The fourth-order valence-corrected chi connectivity index (χ4v) is 1.93. The zero-order chi connectivity index (χ0) is 14.7. The molecule has 3 nitrogen and oxygen atoms in total. The van der Waals surface area contributed by atoms with Crippen LogP contribution in [0.25, 0.3) is 0 Å². The monoisotopic (exact) mass is 272 g/mol. The Bertz CT molecular complexity index is 597. The number of rotatable bonds is 3. The van der Waals surface area contributed by atoms with E-state index in [0.717, 1.165) is 11.1 Å². The Kier molecular flexibility index (Phi) is 4.03. The van der Waals surface area contributed by atoms with E-state index in [0.29, 0.717) is 5.69 Å². The minimum atomic E-state index is -0.489. The Labute approximate surface area is 117 Å². The fraction of sp³-hybridized carbons (Fsp3) is 0.188. The highest BCUT2D eigenvalue weighted by Gasteiger charge is 2.06. The van der Waals surface area contributed by atoms with Gasteiger partial charge in [-0.05, 0) is 48.7 Å². The first-order valence-corrected chi connectivity index (χ1v) is 6.36. The molecule has 0 saturated heterocycles. The van der Waals surface area contributed by atoms with E-state index in [1.54, 1.807) is 0 Å². The molecule has 0 heterocycles. The molecule has 0 unspecified atom stereocenters. The summed E-state index contributed by atoms with van der Waals surface area (Å²) in [6.07, 6.45) is 0.276. The molecule has 2 aromatic carbocycles. The van der Waals surface area contributed by atoms with Crippen LogP contribution in [0.2, 0.25) is 0 Å². The molecule has 0 bridgehead atoms. The van der Waals surface area contributed by atoms with Gasteiger partial charge in [0, 0.05) is 5.69 Å². The molecule has 0 aliphatic carbocycles. The van der Waals surface area contributed by atoms with Gasteiger partial charge >= 0.3 is 0 Å². The van der Waals surface area contributed by atoms with E-state index in [9.17, 15) is 9.18 Å². The molecule has 3 N–H and O–H groups in total. The average molecular weight is 272 g/mol. The van der Waals surface area contributed by atoms with Crippen molar-refractivity contribution >= 4 is 17.3 Å². The molecular formula is C16H17FN2O. The SMILES string of the molecule is Cc1ccc(CC(=O)Nc2ccc(F)c(N)c2)cc1C. The number of benzene rings is 2. The number of nitrogens with one attached hydrogen (secondary N) is 1. The van der Waals surface area contributed by atoms with Crippen LogP contribution < -0.4 is 11.1 Å². The molecule has 104 valence electrons. The first-order chi connectivity index (χ1) is 9.45. The first-order valence-electron chi connectivity index (χ1n) is 6.36. The summed E-state index contributed by atoms with van der Waals surface area (Å²) in [6, 6.07) is 10.1. The number of carbonyl (C=O) groups is 1. The molecule has 0 spiro atoms. The standard InChI is InChI=1S/C16H17FN2O/c1-10-3-4-12(7-11(10)2)8-16(20)19-13-5-6-14(17)15(18)9-13/h3-7,9H,8,18H2,1-2H3,(H,19,20). The molecule has 2 rings (SSSR count). The number of amides is 1. The summed E-state index contributed by atoms with van der Waals surface area (Å²) in [5.41, 5.74) is 9.27. The van der Waals surface area contributed by atoms with E-state index in [4.69, 9.17) is 5.73 Å². The van der Waals surface area contributed by atoms with Crippen LogP contribution in [-0.2, 0) is 11.2 Å². The van der Waals surface area contributed by atoms with Gasteiger partial charge in [-0.3, -0.25) is 4.79 Å². The maximum Gasteiger partial charge on any atom is 0.228 e. The van der Waals surface area contributed by atoms with Crippen LogP contribution in [-0.4, -0.2) is 5.91 Å². The van der Waals surface area contributed by atoms with Crippen molar-refractivity contribution < 1.29 is 9.18 Å². The number of hydrogen-bond donors (Lipinski definition) is 2. The highest BCUT2D eigenvalue weighted by Crippen LogP contribution is 2.17. The normalized spacial score (nSPS) is 10.3. The van der Waals surface area contributed by atoms with Gasteiger partial charge in [-0.2, -0.15) is 0 Å². The van der Waals surface area contributed by atoms with E-state index in [1.165, 1.54) is 23.8 Å². The molecule has 2 aromatic rings. The molecule has 0 radical (unpaired) electrons. The minimum Gasteiger partial charge on any atom is -0.396 e. The second-order valence-electron chi connectivity index (χ2n) is 4.88. The Balaban J connectivity index is 2.04. The van der Waals surface area contributed by atoms with E-state index in [2.05, 4.69) is 5.32 Å². The zero-order valence-corrected chi connectivity index (χ0v) is 11.5. The van der Waals surface area contributed by atoms with Gasteiger partial charge in [0.25, 0.3) is 0 Å². The summed E-state index contributed by atoms with van der Waals surface area (Å²) in [5, 5.41) is 2.71. The van der Waals surface area contributed by atoms with Crippen LogP contribution in [0.4, 0.5) is 15.8 Å². The fourth-order valence-electron chi connectivity index (χ4n) is 1.93. The summed E-state index contributed by atoms with van der Waals surface area (Å²) in [5.74, 6) is -0.642. The second kappa shape index (κ2) is 5.74. The van der Waals surface area contributed by atoms with Gasteiger partial charge in [0.15, 0.2) is 0 Å². The van der Waals surface area contributed by atoms with Gasteiger partial charge in [-0.25, -0.2) is 4.39 Å². The molecule has 0 aromatic heterocycles. The van der Waals surface area contributed by atoms with Crippen LogP contribution in [0.3, 0.4) is 0 Å². The van der Waals surface area contributed by atoms with Crippen molar-refractivity contribution in [2.45, 2.75) is 20.3 Å². The number of hydrogen-bond acceptors (Lipinski definition) is 2. The largest absolute Gasteiger partial charge is 0.396 e. The zero-order valence-electron chi connectivity index (χ0n) is 11.5. The summed E-state index contributed by atoms with van der Waals surface area (Å²) < 4.78 is 13.0. The lowest BCUT2D eigenvalue weighted by Gasteiger charge is -2.08. The van der Waals surface area contributed by atoms with Crippen LogP contribution in [0.15, 0.2) is 36.4 Å². The number of anilines is 2. The van der Waals surface area contributed by atoms with E-state index < -0.39 is 5.82 Å². The van der Waals surface area contributed by atoms with Gasteiger partial charge in [-0.1, -0.05) is 18.2 Å². The molecular weight excluding hydrogens is 255 g/mol. The van der Waals surface area contributed by atoms with Crippen molar-refractivity contribution in [1.29, 1.82) is 0 Å². The lowest BCUT2D eigenvalue weighted by atomic mass is 10.0. The molecule has 4 heteroatoms. The Morgan fingerprint density at radius 2 is 1.90 bits per heavy atom. The average Bonchev–Trinajstić information content (AvgIpc) is 2.38. The van der Waals surface area contributed by atoms with E-state index in [-0.39, 0.29) is 18.0 Å². The quantitative estimate of drug-likeness (QED) is 0.843. The topological polar surface area (TPSA) is 55.1 Å². The second-order valence-corrected chi connectivity index (χ2v) is 4.88. The third kappa shape index (κ3) is 3.35. The molecule has 0 saturated carbocycles. The third-order valence-electron chi connectivity index (χ3n) is 3.22. The van der Waals surface area contributed by atoms with E-state index >= 15 is 0 Å². The maximum absolute atomic E-state index is 13.0. The van der Waals surface area contributed by atoms with Gasteiger partial charge in [-0.15, -0.1) is 0 Å². The minimum absolute atomic E-state index is 0.0222. The number of aryl methyl sites for hydroxylation is 2. The highest BCUT2D eigenvalue weighted by molar-refractivity contribution is 5.92. The van der Waals surface area contributed by atoms with Crippen molar-refractivity contribution in [3.8, 4) is 0 Å². The van der Waals surface area contributed by atoms with Crippen molar-refractivity contribution in [3.63, 3.8) is 0 Å². The van der Waals surface area contributed by atoms with Crippen LogP contribution >= 0.6 is 0 Å². The lowest BCUT2D eigenvalue weighted by Crippen LogP contribution is -2.14. The molecule has 20 heavy (non-hydrogen) atoms. The highest BCUT2D eigenvalue weighted by atomic mass is 19.1. The van der Waals surface area contributed by atoms with E-state index in [1.807, 2.05) is 32.0 Å². The summed E-state index contributed by atoms with van der Waals surface area (Å²) in [6.45, 7) is 4.04. The number of carbonyl (C=O) groups excluding carboxylic acids is 1. The van der Waals surface area contributed by atoms with Gasteiger partial charge in [0.05, 0.1) is 12.1 Å². The predicted molar refractivity (Wildman–Crippen MR) is 79.1 cm³/mol. The summed E-state index contributed by atoms with van der Waals surface area (Å²) in [4.78, 5) is 11.9. The Morgan fingerprint density at radius 1 is 1.15 bits per heavy atom. The summed E-state index contributed by atoms with van der Waals surface area (Å²) in [7, 11) is 0. The number of nitrogen functional groups attached to an aromatic ring is 1. The smallest absolute Gasteiger partial charge is 0.228 e. The molecule has 0 atom stereocenters. The van der Waals surface area contributed by atoms with Crippen LogP contribution in [0.1, 0.15) is 16.7 Å². The lowest BCUT2D eigenvalue weighted by molar-refractivity contribution is -0.115. The van der Waals surface area contributed by atoms with Crippen LogP contribution in [0.5, 0.6) is 0 Å². The first kappa shape index (κ1) is 14.1. The third-order valence-corrected chi connectivity index (χ3v) is 3.22. The van der Waals surface area contributed by atoms with Gasteiger partial charge in [0.1, 0.15) is 5.82 Å². The molecule has 1 amide bonds. The maximum atomic E-state index is 13.0. The van der Waals surface area contributed by atoms with Crippen molar-refractivity contribution in [2.24, 2.45) is 0 Å². The molecule has 0 aliphatic heterocycles. The number of nitrogens with two attached hydrogens (primary N) is 1. The van der Waals surface area contributed by atoms with Crippen molar-refractivity contribution in [3.05, 3.63) is 58.9 Å². The van der Waals surface area contributed by atoms with Gasteiger partial charge in [0.2, 0.25) is 5.91 Å². The number of halogens is 1. The van der Waals surface area contributed by atoms with Crippen LogP contribution in [0, 0.1) is 19.7 Å².